The average Bonchev–Trinajstić information content (AvgIpc) is 2.28. The summed E-state index contributed by atoms with van der Waals surface area (Å²) in [7, 11) is 2.03. The van der Waals surface area contributed by atoms with Gasteiger partial charge in [-0.1, -0.05) is 11.6 Å². The van der Waals surface area contributed by atoms with Crippen LogP contribution in [0.1, 0.15) is 6.42 Å². The van der Waals surface area contributed by atoms with E-state index in [-0.39, 0.29) is 18.1 Å². The topological polar surface area (TPSA) is 63.4 Å². The van der Waals surface area contributed by atoms with Gasteiger partial charge < -0.3 is 10.6 Å². The van der Waals surface area contributed by atoms with E-state index in [9.17, 15) is 9.00 Å². The second kappa shape index (κ2) is 6.02. The molecule has 1 amide bonds. The maximum Gasteiger partial charge on any atom is 0.222 e. The van der Waals surface area contributed by atoms with E-state index >= 15 is 0 Å². The summed E-state index contributed by atoms with van der Waals surface area (Å²) in [4.78, 5) is 13.3. The van der Waals surface area contributed by atoms with Crippen molar-refractivity contribution in [1.82, 2.24) is 4.90 Å². The summed E-state index contributed by atoms with van der Waals surface area (Å²) < 4.78 is 11.9. The van der Waals surface area contributed by atoms with Gasteiger partial charge in [-0.05, 0) is 18.2 Å². The summed E-state index contributed by atoms with van der Waals surface area (Å²) in [5.74, 6) is 0.195. The number of amides is 1. The Morgan fingerprint density at radius 2 is 2.12 bits per heavy atom. The first-order valence-corrected chi connectivity index (χ1v) is 6.75. The minimum atomic E-state index is -1.30. The molecule has 1 aromatic carbocycles. The highest BCUT2D eigenvalue weighted by atomic mass is 35.5. The smallest absolute Gasteiger partial charge is 0.222 e. The molecule has 17 heavy (non-hydrogen) atoms. The lowest BCUT2D eigenvalue weighted by molar-refractivity contribution is -0.128. The third-order valence-electron chi connectivity index (χ3n) is 2.22. The number of nitrogen functional groups attached to an aromatic ring is 1. The van der Waals surface area contributed by atoms with Crippen LogP contribution in [0, 0.1) is 0 Å². The number of nitrogens with two attached hydrogens (primary N) is 1. The molecule has 0 aliphatic carbocycles. The van der Waals surface area contributed by atoms with Gasteiger partial charge >= 0.3 is 0 Å². The second-order valence-corrected chi connectivity index (χ2v) is 5.75. The number of carbonyl (C=O) groups is 1. The molecule has 0 aromatic heterocycles. The highest BCUT2D eigenvalue weighted by Gasteiger charge is 2.12. The standard InChI is InChI=1S/C11H15ClN2O2S/c1-14(2)11(15)5-6-17(16)10-7-8(12)3-4-9(10)13/h3-4,7H,5-6,13H2,1-2H3. The molecule has 4 nitrogen and oxygen atoms in total. The fourth-order valence-corrected chi connectivity index (χ4v) is 2.63. The molecule has 1 atom stereocenters. The molecule has 0 saturated heterocycles. The quantitative estimate of drug-likeness (QED) is 0.847. The molecule has 0 radical (unpaired) electrons. The number of halogens is 1. The minimum Gasteiger partial charge on any atom is -0.398 e. The van der Waals surface area contributed by atoms with E-state index in [4.69, 9.17) is 17.3 Å². The highest BCUT2D eigenvalue weighted by molar-refractivity contribution is 7.85. The summed E-state index contributed by atoms with van der Waals surface area (Å²) >= 11 is 5.81. The van der Waals surface area contributed by atoms with E-state index in [1.165, 1.54) is 4.90 Å². The number of rotatable bonds is 4. The first-order chi connectivity index (χ1) is 7.91. The van der Waals surface area contributed by atoms with E-state index in [2.05, 4.69) is 0 Å². The van der Waals surface area contributed by atoms with Crippen LogP contribution in [0.25, 0.3) is 0 Å². The normalized spacial score (nSPS) is 12.2. The molecule has 1 rings (SSSR count). The molecule has 1 unspecified atom stereocenters. The summed E-state index contributed by atoms with van der Waals surface area (Å²) in [5.41, 5.74) is 6.14. The molecular formula is C11H15ClN2O2S. The third kappa shape index (κ3) is 4.02. The van der Waals surface area contributed by atoms with Crippen LogP contribution < -0.4 is 5.73 Å². The summed E-state index contributed by atoms with van der Waals surface area (Å²) in [6.45, 7) is 0. The van der Waals surface area contributed by atoms with Crippen LogP contribution in [0.4, 0.5) is 5.69 Å². The Hall–Kier alpha value is -1.07. The number of anilines is 1. The van der Waals surface area contributed by atoms with Gasteiger partial charge in [0.25, 0.3) is 0 Å². The fourth-order valence-electron chi connectivity index (χ4n) is 1.22. The van der Waals surface area contributed by atoms with Crippen molar-refractivity contribution in [1.29, 1.82) is 0 Å². The minimum absolute atomic E-state index is 0.0565. The molecule has 6 heteroatoms. The van der Waals surface area contributed by atoms with Gasteiger partial charge in [-0.3, -0.25) is 9.00 Å². The van der Waals surface area contributed by atoms with Gasteiger partial charge in [-0.2, -0.15) is 0 Å². The Morgan fingerprint density at radius 1 is 1.47 bits per heavy atom. The Kier molecular flexibility index (Phi) is 4.96. The lowest BCUT2D eigenvalue weighted by Crippen LogP contribution is -2.23. The summed E-state index contributed by atoms with van der Waals surface area (Å²) in [5, 5.41) is 0.487. The van der Waals surface area contributed by atoms with Gasteiger partial charge in [0.05, 0.1) is 15.7 Å². The Labute approximate surface area is 108 Å². The zero-order chi connectivity index (χ0) is 13.0. The first-order valence-electron chi connectivity index (χ1n) is 5.05. The Balaban J connectivity index is 2.70. The molecular weight excluding hydrogens is 260 g/mol. The molecule has 2 N–H and O–H groups in total. The van der Waals surface area contributed by atoms with Gasteiger partial charge in [0.15, 0.2) is 0 Å². The van der Waals surface area contributed by atoms with Gasteiger partial charge in [0, 0.05) is 37.0 Å². The lowest BCUT2D eigenvalue weighted by Gasteiger charge is -2.10. The molecule has 0 aliphatic rings. The average molecular weight is 275 g/mol. The zero-order valence-electron chi connectivity index (χ0n) is 9.77. The third-order valence-corrected chi connectivity index (χ3v) is 3.88. The van der Waals surface area contributed by atoms with Crippen LogP contribution in [-0.2, 0) is 15.6 Å². The molecule has 1 aromatic rings. The van der Waals surface area contributed by atoms with Crippen LogP contribution in [0.2, 0.25) is 5.02 Å². The van der Waals surface area contributed by atoms with Crippen LogP contribution in [-0.4, -0.2) is 34.9 Å². The zero-order valence-corrected chi connectivity index (χ0v) is 11.3. The van der Waals surface area contributed by atoms with E-state index in [0.29, 0.717) is 15.6 Å². The number of nitrogens with zero attached hydrogens (tertiary/aromatic N) is 1. The van der Waals surface area contributed by atoms with Crippen LogP contribution in [0.5, 0.6) is 0 Å². The predicted molar refractivity (Wildman–Crippen MR) is 70.5 cm³/mol. The fraction of sp³-hybridized carbons (Fsp3) is 0.364. The van der Waals surface area contributed by atoms with Crippen molar-refractivity contribution >= 4 is 34.0 Å². The predicted octanol–water partition coefficient (Wildman–Crippen LogP) is 1.51. The maximum atomic E-state index is 11.9. The van der Waals surface area contributed by atoms with E-state index in [0.717, 1.165) is 0 Å². The summed E-state index contributed by atoms with van der Waals surface area (Å²) in [6, 6.07) is 4.83. The molecule has 0 saturated carbocycles. The van der Waals surface area contributed by atoms with Gasteiger partial charge in [-0.15, -0.1) is 0 Å². The van der Waals surface area contributed by atoms with E-state index < -0.39 is 10.8 Å². The van der Waals surface area contributed by atoms with Crippen LogP contribution >= 0.6 is 11.6 Å². The van der Waals surface area contributed by atoms with Crippen LogP contribution in [0.15, 0.2) is 23.1 Å². The largest absolute Gasteiger partial charge is 0.398 e. The Bertz CT molecular complexity index is 449. The first kappa shape index (κ1) is 14.0. The SMILES string of the molecule is CN(C)C(=O)CCS(=O)c1cc(Cl)ccc1N. The number of carbonyl (C=O) groups excluding carboxylic acids is 1. The maximum absolute atomic E-state index is 11.9. The van der Waals surface area contributed by atoms with Gasteiger partial charge in [0.2, 0.25) is 5.91 Å². The molecule has 0 heterocycles. The molecule has 0 spiro atoms. The van der Waals surface area contributed by atoms with Crippen molar-refractivity contribution in [3.8, 4) is 0 Å². The van der Waals surface area contributed by atoms with Crippen molar-refractivity contribution in [2.75, 3.05) is 25.6 Å². The van der Waals surface area contributed by atoms with Crippen molar-refractivity contribution < 1.29 is 9.00 Å². The van der Waals surface area contributed by atoms with Gasteiger partial charge in [0.1, 0.15) is 0 Å². The summed E-state index contributed by atoms with van der Waals surface area (Å²) in [6.07, 6.45) is 0.228. The molecule has 94 valence electrons. The van der Waals surface area contributed by atoms with Crippen molar-refractivity contribution in [3.63, 3.8) is 0 Å². The van der Waals surface area contributed by atoms with E-state index in [1.54, 1.807) is 32.3 Å². The second-order valence-electron chi connectivity index (χ2n) is 3.77. The van der Waals surface area contributed by atoms with Crippen molar-refractivity contribution in [3.05, 3.63) is 23.2 Å². The van der Waals surface area contributed by atoms with Crippen LogP contribution in [0.3, 0.4) is 0 Å². The highest BCUT2D eigenvalue weighted by Crippen LogP contribution is 2.21. The van der Waals surface area contributed by atoms with E-state index in [1.807, 2.05) is 0 Å². The molecule has 0 aliphatic heterocycles. The number of benzene rings is 1. The van der Waals surface area contributed by atoms with Crippen molar-refractivity contribution in [2.45, 2.75) is 11.3 Å². The molecule has 0 bridgehead atoms. The monoisotopic (exact) mass is 274 g/mol. The number of hydrogen-bond donors (Lipinski definition) is 1. The van der Waals surface area contributed by atoms with Crippen molar-refractivity contribution in [2.24, 2.45) is 0 Å². The molecule has 0 fully saturated rings. The number of hydrogen-bond acceptors (Lipinski definition) is 3. The van der Waals surface area contributed by atoms with Gasteiger partial charge in [-0.25, -0.2) is 0 Å². The lowest BCUT2D eigenvalue weighted by atomic mass is 10.3. The Morgan fingerprint density at radius 3 is 2.71 bits per heavy atom.